The molecule has 0 atom stereocenters. The van der Waals surface area contributed by atoms with E-state index in [1.54, 1.807) is 16.9 Å². The summed E-state index contributed by atoms with van der Waals surface area (Å²) in [7, 11) is 1.87. The van der Waals surface area contributed by atoms with Crippen LogP contribution in [0.3, 0.4) is 0 Å². The Balaban J connectivity index is 1.91. The number of aromatic nitrogens is 4. The Hall–Kier alpha value is -3.58. The molecule has 0 N–H and O–H groups in total. The van der Waals surface area contributed by atoms with Gasteiger partial charge in [-0.1, -0.05) is 23.7 Å². The van der Waals surface area contributed by atoms with E-state index in [-0.39, 0.29) is 23.0 Å². The fourth-order valence-electron chi connectivity index (χ4n) is 3.56. The molecule has 4 rings (SSSR count). The van der Waals surface area contributed by atoms with Gasteiger partial charge in [0.15, 0.2) is 5.78 Å². The molecule has 0 aliphatic heterocycles. The molecule has 0 saturated carbocycles. The number of rotatable bonds is 5. The van der Waals surface area contributed by atoms with Gasteiger partial charge in [-0.3, -0.25) is 24.2 Å². The molecule has 0 fully saturated rings. The quantitative estimate of drug-likeness (QED) is 0.344. The molecule has 4 aromatic rings. The van der Waals surface area contributed by atoms with Gasteiger partial charge in [0.25, 0.3) is 0 Å². The highest BCUT2D eigenvalue weighted by atomic mass is 35.5. The highest BCUT2D eigenvalue weighted by Gasteiger charge is 2.22. The number of carbonyl (C=O) groups is 2. The predicted octanol–water partition coefficient (Wildman–Crippen LogP) is 4.29. The van der Waals surface area contributed by atoms with Crippen molar-refractivity contribution in [3.05, 3.63) is 76.3 Å². The summed E-state index contributed by atoms with van der Waals surface area (Å²) in [6.45, 7) is 3.09. The molecule has 0 unspecified atom stereocenters. The van der Waals surface area contributed by atoms with Crippen LogP contribution in [0.25, 0.3) is 22.2 Å². The molecule has 3 heterocycles. The van der Waals surface area contributed by atoms with E-state index >= 15 is 0 Å². The van der Waals surface area contributed by atoms with E-state index < -0.39 is 5.97 Å². The van der Waals surface area contributed by atoms with Crippen molar-refractivity contribution in [2.24, 2.45) is 7.05 Å². The fraction of sp³-hybridized carbons (Fsp3) is 0.174. The number of hydrogen-bond acceptors (Lipinski definition) is 6. The van der Waals surface area contributed by atoms with E-state index in [4.69, 9.17) is 16.3 Å². The first-order valence-corrected chi connectivity index (χ1v) is 9.93. The first-order valence-electron chi connectivity index (χ1n) is 9.56. The number of benzene rings is 1. The van der Waals surface area contributed by atoms with E-state index in [9.17, 15) is 9.59 Å². The topological polar surface area (TPSA) is 87.0 Å². The molecular weight excluding hydrogens is 416 g/mol. The Bertz CT molecular complexity index is 1330. The molecule has 31 heavy (non-hydrogen) atoms. The van der Waals surface area contributed by atoms with Gasteiger partial charge in [-0.15, -0.1) is 0 Å². The summed E-state index contributed by atoms with van der Waals surface area (Å²) >= 11 is 6.35. The average molecular weight is 435 g/mol. The zero-order valence-electron chi connectivity index (χ0n) is 17.2. The molecule has 0 radical (unpaired) electrons. The third-order valence-corrected chi connectivity index (χ3v) is 5.23. The summed E-state index contributed by atoms with van der Waals surface area (Å²) in [4.78, 5) is 33.6. The zero-order valence-corrected chi connectivity index (χ0v) is 18.0. The molecule has 7 nitrogen and oxygen atoms in total. The first kappa shape index (κ1) is 20.7. The van der Waals surface area contributed by atoms with E-state index in [1.807, 2.05) is 38.2 Å². The number of carbonyl (C=O) groups excluding carboxylic acids is 2. The molecule has 0 bridgehead atoms. The number of ketones is 1. The molecular formula is C23H19ClN4O3. The summed E-state index contributed by atoms with van der Waals surface area (Å²) in [5.74, 6) is -0.768. The van der Waals surface area contributed by atoms with Crippen LogP contribution >= 0.6 is 11.6 Å². The number of pyridine rings is 2. The van der Waals surface area contributed by atoms with Crippen molar-refractivity contribution in [3.8, 4) is 11.3 Å². The summed E-state index contributed by atoms with van der Waals surface area (Å²) in [6.07, 6.45) is 4.60. The van der Waals surface area contributed by atoms with E-state index in [0.717, 1.165) is 22.3 Å². The Labute approximate surface area is 183 Å². The van der Waals surface area contributed by atoms with Crippen molar-refractivity contribution in [3.63, 3.8) is 0 Å². The molecule has 8 heteroatoms. The van der Waals surface area contributed by atoms with Crippen molar-refractivity contribution >= 4 is 34.3 Å². The van der Waals surface area contributed by atoms with Gasteiger partial charge in [0.2, 0.25) is 0 Å². The summed E-state index contributed by atoms with van der Waals surface area (Å²) in [5, 5.41) is 5.27. The minimum absolute atomic E-state index is 0.0958. The Morgan fingerprint density at radius 2 is 2.00 bits per heavy atom. The lowest BCUT2D eigenvalue weighted by Crippen LogP contribution is -2.11. The number of aryl methyl sites for hydroxylation is 2. The summed E-state index contributed by atoms with van der Waals surface area (Å²) in [5.41, 5.74) is 4.26. The number of fused-ring (bicyclic) bond motifs is 1. The van der Waals surface area contributed by atoms with Crippen LogP contribution in [0.1, 0.15) is 34.1 Å². The lowest BCUT2D eigenvalue weighted by atomic mass is 9.95. The molecule has 0 spiro atoms. The average Bonchev–Trinajstić information content (AvgIpc) is 3.16. The Kier molecular flexibility index (Phi) is 5.52. The van der Waals surface area contributed by atoms with E-state index in [2.05, 4.69) is 15.1 Å². The normalized spacial score (nSPS) is 11.0. The molecule has 3 aromatic heterocycles. The molecule has 0 amide bonds. The highest BCUT2D eigenvalue weighted by molar-refractivity contribution is 6.35. The first-order chi connectivity index (χ1) is 14.9. The lowest BCUT2D eigenvalue weighted by Gasteiger charge is -2.14. The number of hydrogen-bond donors (Lipinski definition) is 0. The van der Waals surface area contributed by atoms with Gasteiger partial charge in [0.1, 0.15) is 6.61 Å². The minimum Gasteiger partial charge on any atom is -0.461 e. The van der Waals surface area contributed by atoms with Crippen LogP contribution in [-0.2, 0) is 23.2 Å². The van der Waals surface area contributed by atoms with Crippen LogP contribution in [-0.4, -0.2) is 31.5 Å². The number of ether oxygens (including phenoxy) is 1. The summed E-state index contributed by atoms with van der Waals surface area (Å²) in [6, 6.07) is 9.34. The van der Waals surface area contributed by atoms with Crippen molar-refractivity contribution in [2.75, 3.05) is 0 Å². The van der Waals surface area contributed by atoms with Crippen LogP contribution in [0.15, 0.2) is 48.9 Å². The third kappa shape index (κ3) is 3.92. The van der Waals surface area contributed by atoms with E-state index in [0.29, 0.717) is 16.6 Å². The van der Waals surface area contributed by atoms with Gasteiger partial charge in [-0.2, -0.15) is 5.10 Å². The molecule has 1 aromatic carbocycles. The second-order valence-electron chi connectivity index (χ2n) is 7.12. The minimum atomic E-state index is -0.457. The van der Waals surface area contributed by atoms with Gasteiger partial charge in [-0.05, 0) is 25.1 Å². The maximum Gasteiger partial charge on any atom is 0.302 e. The lowest BCUT2D eigenvalue weighted by molar-refractivity contribution is -0.142. The van der Waals surface area contributed by atoms with Crippen LogP contribution < -0.4 is 0 Å². The standard InChI is InChI=1S/C23H19ClN4O3/c1-13-9-18(20-7-8-26-28(20)3)16-5-4-6-17(22(16)27-13)23(30)21-15(12-31-14(2)29)10-25-11-19(21)24/h4-11H,12H2,1-3H3. The molecule has 0 aliphatic carbocycles. The second kappa shape index (κ2) is 8.28. The van der Waals surface area contributed by atoms with Crippen LogP contribution in [0.4, 0.5) is 0 Å². The van der Waals surface area contributed by atoms with Gasteiger partial charge in [-0.25, -0.2) is 0 Å². The van der Waals surface area contributed by atoms with Crippen LogP contribution in [0.5, 0.6) is 0 Å². The fourth-order valence-corrected chi connectivity index (χ4v) is 3.83. The third-order valence-electron chi connectivity index (χ3n) is 4.95. The summed E-state index contributed by atoms with van der Waals surface area (Å²) < 4.78 is 6.86. The number of nitrogens with zero attached hydrogens (tertiary/aromatic N) is 4. The monoisotopic (exact) mass is 434 g/mol. The Morgan fingerprint density at radius 1 is 1.19 bits per heavy atom. The SMILES string of the molecule is CC(=O)OCc1cncc(Cl)c1C(=O)c1cccc2c(-c3ccnn3C)cc(C)nc12. The van der Waals surface area contributed by atoms with Gasteiger partial charge in [0, 0.05) is 60.3 Å². The highest BCUT2D eigenvalue weighted by Crippen LogP contribution is 2.32. The largest absolute Gasteiger partial charge is 0.461 e. The van der Waals surface area contributed by atoms with Crippen molar-refractivity contribution in [2.45, 2.75) is 20.5 Å². The second-order valence-corrected chi connectivity index (χ2v) is 7.53. The van der Waals surface area contributed by atoms with Gasteiger partial charge < -0.3 is 4.74 Å². The predicted molar refractivity (Wildman–Crippen MR) is 117 cm³/mol. The molecule has 0 aliphatic rings. The number of esters is 1. The zero-order chi connectivity index (χ0) is 22.1. The number of para-hydroxylation sites is 1. The van der Waals surface area contributed by atoms with Crippen molar-refractivity contribution < 1.29 is 14.3 Å². The van der Waals surface area contributed by atoms with E-state index in [1.165, 1.54) is 19.3 Å². The molecule has 0 saturated heterocycles. The molecule has 156 valence electrons. The van der Waals surface area contributed by atoms with Gasteiger partial charge >= 0.3 is 5.97 Å². The van der Waals surface area contributed by atoms with Crippen molar-refractivity contribution in [1.29, 1.82) is 0 Å². The van der Waals surface area contributed by atoms with Gasteiger partial charge in [0.05, 0.1) is 21.8 Å². The smallest absolute Gasteiger partial charge is 0.302 e. The Morgan fingerprint density at radius 3 is 2.71 bits per heavy atom. The van der Waals surface area contributed by atoms with Crippen molar-refractivity contribution in [1.82, 2.24) is 19.7 Å². The van der Waals surface area contributed by atoms with Crippen LogP contribution in [0.2, 0.25) is 5.02 Å². The van der Waals surface area contributed by atoms with Crippen LogP contribution in [0, 0.1) is 6.92 Å². The maximum absolute atomic E-state index is 13.6. The maximum atomic E-state index is 13.6. The number of halogens is 1.